The van der Waals surface area contributed by atoms with Crippen molar-refractivity contribution < 1.29 is 0 Å². The van der Waals surface area contributed by atoms with E-state index in [-0.39, 0.29) is 0 Å². The van der Waals surface area contributed by atoms with Crippen LogP contribution < -0.4 is 0 Å². The van der Waals surface area contributed by atoms with Crippen molar-refractivity contribution in [2.24, 2.45) is 0 Å². The fraction of sp³-hybridized carbons (Fsp3) is 0.200. The first kappa shape index (κ1) is 9.80. The van der Waals surface area contributed by atoms with Crippen LogP contribution in [0.2, 0.25) is 0 Å². The molecule has 14 heavy (non-hydrogen) atoms. The molecule has 2 rings (SSSR count). The molecule has 0 aliphatic rings. The molecule has 0 aliphatic heterocycles. The van der Waals surface area contributed by atoms with Crippen LogP contribution in [-0.4, -0.2) is 9.97 Å². The third-order valence-corrected chi connectivity index (χ3v) is 3.20. The van der Waals surface area contributed by atoms with Crippen LogP contribution in [0.1, 0.15) is 11.3 Å². The molecule has 0 N–H and O–H groups in total. The van der Waals surface area contributed by atoms with Gasteiger partial charge >= 0.3 is 0 Å². The molecule has 0 aromatic carbocycles. The van der Waals surface area contributed by atoms with Gasteiger partial charge in [0.05, 0.1) is 5.69 Å². The van der Waals surface area contributed by atoms with Gasteiger partial charge in [-0.3, -0.25) is 0 Å². The largest absolute Gasteiger partial charge is 0.236 e. The molecular formula is C10H9BrN2S. The maximum atomic E-state index is 4.48. The van der Waals surface area contributed by atoms with Crippen LogP contribution in [-0.2, 0) is 5.33 Å². The first-order chi connectivity index (χ1) is 6.81. The van der Waals surface area contributed by atoms with Crippen LogP contribution in [0.25, 0.3) is 11.4 Å². The van der Waals surface area contributed by atoms with Crippen LogP contribution in [0.15, 0.2) is 23.0 Å². The van der Waals surface area contributed by atoms with Crippen molar-refractivity contribution in [1.82, 2.24) is 9.97 Å². The lowest BCUT2D eigenvalue weighted by Gasteiger charge is -2.02. The predicted octanol–water partition coefficient (Wildman–Crippen LogP) is 3.41. The Morgan fingerprint density at radius 2 is 2.36 bits per heavy atom. The molecule has 0 unspecified atom stereocenters. The topological polar surface area (TPSA) is 25.8 Å². The molecule has 2 nitrogen and oxygen atoms in total. The Hall–Kier alpha value is -0.740. The van der Waals surface area contributed by atoms with E-state index in [1.807, 2.05) is 24.6 Å². The molecule has 0 saturated carbocycles. The Labute approximate surface area is 95.2 Å². The van der Waals surface area contributed by atoms with E-state index in [0.29, 0.717) is 0 Å². The maximum absolute atomic E-state index is 4.48. The van der Waals surface area contributed by atoms with E-state index in [1.165, 1.54) is 0 Å². The van der Waals surface area contributed by atoms with Crippen LogP contribution in [0.3, 0.4) is 0 Å². The van der Waals surface area contributed by atoms with Gasteiger partial charge in [-0.25, -0.2) is 9.97 Å². The standard InChI is InChI=1S/C10H9BrN2S/c1-7-5-12-10(13-9(7)4-11)8-2-3-14-6-8/h2-3,5-6H,4H2,1H3. The lowest BCUT2D eigenvalue weighted by atomic mass is 10.2. The molecule has 0 atom stereocenters. The highest BCUT2D eigenvalue weighted by atomic mass is 79.9. The fourth-order valence-electron chi connectivity index (χ4n) is 1.14. The number of halogens is 1. The SMILES string of the molecule is Cc1cnc(-c2ccsc2)nc1CBr. The number of alkyl halides is 1. The number of aromatic nitrogens is 2. The van der Waals surface area contributed by atoms with Gasteiger partial charge in [0.2, 0.25) is 0 Å². The zero-order valence-corrected chi connectivity index (χ0v) is 10.1. The molecule has 72 valence electrons. The van der Waals surface area contributed by atoms with E-state index in [4.69, 9.17) is 0 Å². The van der Waals surface area contributed by atoms with Gasteiger partial charge in [-0.05, 0) is 23.9 Å². The van der Waals surface area contributed by atoms with E-state index in [0.717, 1.165) is 28.0 Å². The second-order valence-electron chi connectivity index (χ2n) is 2.97. The Balaban J connectivity index is 2.46. The summed E-state index contributed by atoms with van der Waals surface area (Å²) in [6.45, 7) is 2.02. The molecule has 0 fully saturated rings. The molecule has 0 bridgehead atoms. The Morgan fingerprint density at radius 1 is 1.50 bits per heavy atom. The van der Waals surface area contributed by atoms with E-state index in [2.05, 4.69) is 31.3 Å². The molecule has 0 aliphatic carbocycles. The van der Waals surface area contributed by atoms with Crippen LogP contribution >= 0.6 is 27.3 Å². The Bertz CT molecular complexity index is 426. The van der Waals surface area contributed by atoms with Gasteiger partial charge in [0.1, 0.15) is 0 Å². The second kappa shape index (κ2) is 4.19. The summed E-state index contributed by atoms with van der Waals surface area (Å²) >= 11 is 5.08. The molecular weight excluding hydrogens is 260 g/mol. The smallest absolute Gasteiger partial charge is 0.160 e. The number of thiophene rings is 1. The molecule has 0 spiro atoms. The molecule has 4 heteroatoms. The first-order valence-corrected chi connectivity index (χ1v) is 6.28. The van der Waals surface area contributed by atoms with Gasteiger partial charge in [0.15, 0.2) is 5.82 Å². The quantitative estimate of drug-likeness (QED) is 0.781. The first-order valence-electron chi connectivity index (χ1n) is 4.22. The van der Waals surface area contributed by atoms with Crippen molar-refractivity contribution in [3.05, 3.63) is 34.3 Å². The highest BCUT2D eigenvalue weighted by Gasteiger charge is 2.04. The van der Waals surface area contributed by atoms with Crippen LogP contribution in [0.5, 0.6) is 0 Å². The molecule has 0 radical (unpaired) electrons. The van der Waals surface area contributed by atoms with Gasteiger partial charge in [-0.1, -0.05) is 15.9 Å². The van der Waals surface area contributed by atoms with Crippen LogP contribution in [0.4, 0.5) is 0 Å². The number of nitrogens with zero attached hydrogens (tertiary/aromatic N) is 2. The number of hydrogen-bond acceptors (Lipinski definition) is 3. The summed E-state index contributed by atoms with van der Waals surface area (Å²) in [4.78, 5) is 8.79. The number of aryl methyl sites for hydroxylation is 1. The summed E-state index contributed by atoms with van der Waals surface area (Å²) in [6.07, 6.45) is 1.87. The Morgan fingerprint density at radius 3 is 3.00 bits per heavy atom. The van der Waals surface area contributed by atoms with Crippen molar-refractivity contribution in [3.8, 4) is 11.4 Å². The summed E-state index contributed by atoms with van der Waals surface area (Å²) in [5.41, 5.74) is 3.28. The third kappa shape index (κ3) is 1.86. The molecule has 2 heterocycles. The van der Waals surface area contributed by atoms with Crippen molar-refractivity contribution in [2.75, 3.05) is 0 Å². The monoisotopic (exact) mass is 268 g/mol. The van der Waals surface area contributed by atoms with Gasteiger partial charge in [-0.15, -0.1) is 0 Å². The average molecular weight is 269 g/mol. The van der Waals surface area contributed by atoms with E-state index < -0.39 is 0 Å². The lowest BCUT2D eigenvalue weighted by molar-refractivity contribution is 1.06. The number of hydrogen-bond donors (Lipinski definition) is 0. The summed E-state index contributed by atoms with van der Waals surface area (Å²) in [6, 6.07) is 2.04. The zero-order valence-electron chi connectivity index (χ0n) is 7.70. The second-order valence-corrected chi connectivity index (χ2v) is 4.31. The van der Waals surface area contributed by atoms with E-state index in [1.54, 1.807) is 11.3 Å². The van der Waals surface area contributed by atoms with Gasteiger partial charge in [-0.2, -0.15) is 11.3 Å². The molecule has 0 amide bonds. The lowest BCUT2D eigenvalue weighted by Crippen LogP contribution is -1.95. The summed E-state index contributed by atoms with van der Waals surface area (Å²) in [5.74, 6) is 0.811. The van der Waals surface area contributed by atoms with Crippen LogP contribution in [0, 0.1) is 6.92 Å². The minimum Gasteiger partial charge on any atom is -0.236 e. The summed E-state index contributed by atoms with van der Waals surface area (Å²) < 4.78 is 0. The number of rotatable bonds is 2. The normalized spacial score (nSPS) is 10.4. The van der Waals surface area contributed by atoms with Gasteiger partial charge in [0.25, 0.3) is 0 Å². The van der Waals surface area contributed by atoms with Gasteiger partial charge in [0, 0.05) is 22.5 Å². The van der Waals surface area contributed by atoms with E-state index in [9.17, 15) is 0 Å². The Kier molecular flexibility index (Phi) is 2.93. The zero-order chi connectivity index (χ0) is 9.97. The molecule has 0 saturated heterocycles. The average Bonchev–Trinajstić information content (AvgIpc) is 2.71. The maximum Gasteiger partial charge on any atom is 0.160 e. The highest BCUT2D eigenvalue weighted by Crippen LogP contribution is 2.19. The summed E-state index contributed by atoms with van der Waals surface area (Å²) in [7, 11) is 0. The van der Waals surface area contributed by atoms with Crippen molar-refractivity contribution in [2.45, 2.75) is 12.3 Å². The van der Waals surface area contributed by atoms with Gasteiger partial charge < -0.3 is 0 Å². The summed E-state index contributed by atoms with van der Waals surface area (Å²) in [5, 5.41) is 4.87. The van der Waals surface area contributed by atoms with Crippen molar-refractivity contribution in [3.63, 3.8) is 0 Å². The highest BCUT2D eigenvalue weighted by molar-refractivity contribution is 9.08. The molecule has 2 aromatic heterocycles. The molecule has 2 aromatic rings. The van der Waals surface area contributed by atoms with E-state index >= 15 is 0 Å². The predicted molar refractivity (Wildman–Crippen MR) is 62.7 cm³/mol. The van der Waals surface area contributed by atoms with Crippen molar-refractivity contribution >= 4 is 27.3 Å². The minimum absolute atomic E-state index is 0.776. The fourth-order valence-corrected chi connectivity index (χ4v) is 2.35. The third-order valence-electron chi connectivity index (χ3n) is 1.98. The minimum atomic E-state index is 0.776. The van der Waals surface area contributed by atoms with Crippen molar-refractivity contribution in [1.29, 1.82) is 0 Å².